The van der Waals surface area contributed by atoms with Crippen molar-refractivity contribution in [1.29, 1.82) is 0 Å². The fourth-order valence-electron chi connectivity index (χ4n) is 1.97. The van der Waals surface area contributed by atoms with Crippen molar-refractivity contribution in [1.82, 2.24) is 10.6 Å². The average Bonchev–Trinajstić information content (AvgIpc) is 2.60. The van der Waals surface area contributed by atoms with Gasteiger partial charge in [-0.15, -0.1) is 0 Å². The minimum absolute atomic E-state index is 0.0171. The van der Waals surface area contributed by atoms with Gasteiger partial charge in [0, 0.05) is 32.0 Å². The molecule has 25 heavy (non-hydrogen) atoms. The van der Waals surface area contributed by atoms with Gasteiger partial charge >= 0.3 is 0 Å². The number of amides is 1. The van der Waals surface area contributed by atoms with E-state index in [0.717, 1.165) is 39.0 Å². The standard InChI is InChI=1S/C18H30N4O3/c1-3-5-12-25-13-6-11-20-18(19-4-2)21-14-17(24)22-15-7-9-16(23)10-8-15/h7-10,23H,3-6,11-14H2,1-2H3,(H,22,24)(H2,19,20,21). The van der Waals surface area contributed by atoms with E-state index in [2.05, 4.69) is 27.9 Å². The van der Waals surface area contributed by atoms with Crippen molar-refractivity contribution in [3.05, 3.63) is 24.3 Å². The van der Waals surface area contributed by atoms with E-state index in [1.165, 1.54) is 12.1 Å². The Morgan fingerprint density at radius 2 is 1.84 bits per heavy atom. The number of hydrogen-bond donors (Lipinski definition) is 4. The molecular formula is C18H30N4O3. The van der Waals surface area contributed by atoms with Crippen LogP contribution in [0.1, 0.15) is 33.1 Å². The number of benzene rings is 1. The van der Waals surface area contributed by atoms with Gasteiger partial charge in [0.25, 0.3) is 0 Å². The Bertz CT molecular complexity index is 518. The van der Waals surface area contributed by atoms with Crippen molar-refractivity contribution in [2.75, 3.05) is 38.2 Å². The van der Waals surface area contributed by atoms with E-state index in [9.17, 15) is 9.90 Å². The molecule has 140 valence electrons. The molecule has 7 heteroatoms. The first kappa shape index (κ1) is 20.8. The SMILES string of the molecule is CCCCOCCCNC(=NCC(=O)Nc1ccc(O)cc1)NCC. The monoisotopic (exact) mass is 350 g/mol. The predicted octanol–water partition coefficient (Wildman–Crippen LogP) is 2.09. The lowest BCUT2D eigenvalue weighted by Crippen LogP contribution is -2.38. The van der Waals surface area contributed by atoms with E-state index in [0.29, 0.717) is 18.3 Å². The minimum atomic E-state index is -0.217. The summed E-state index contributed by atoms with van der Waals surface area (Å²) in [5.41, 5.74) is 0.625. The summed E-state index contributed by atoms with van der Waals surface area (Å²) in [5, 5.41) is 18.2. The van der Waals surface area contributed by atoms with Gasteiger partial charge in [-0.05, 0) is 44.0 Å². The number of nitrogens with one attached hydrogen (secondary N) is 3. The maximum absolute atomic E-state index is 11.9. The third-order valence-electron chi connectivity index (χ3n) is 3.28. The van der Waals surface area contributed by atoms with Crippen molar-refractivity contribution < 1.29 is 14.6 Å². The van der Waals surface area contributed by atoms with E-state index in [1.54, 1.807) is 12.1 Å². The number of nitrogens with zero attached hydrogens (tertiary/aromatic N) is 1. The number of phenols is 1. The second-order valence-electron chi connectivity index (χ2n) is 5.54. The molecule has 7 nitrogen and oxygen atoms in total. The van der Waals surface area contributed by atoms with Gasteiger partial charge in [0.05, 0.1) is 0 Å². The number of carbonyl (C=O) groups is 1. The second-order valence-corrected chi connectivity index (χ2v) is 5.54. The summed E-state index contributed by atoms with van der Waals surface area (Å²) in [6, 6.07) is 6.32. The van der Waals surface area contributed by atoms with E-state index in [-0.39, 0.29) is 18.2 Å². The number of unbranched alkanes of at least 4 members (excludes halogenated alkanes) is 1. The first-order chi connectivity index (χ1) is 12.2. The molecule has 1 rings (SSSR count). The van der Waals surface area contributed by atoms with Crippen LogP contribution in [-0.4, -0.2) is 49.8 Å². The predicted molar refractivity (Wildman–Crippen MR) is 101 cm³/mol. The number of aliphatic imine (C=N–C) groups is 1. The van der Waals surface area contributed by atoms with Crippen LogP contribution in [0.15, 0.2) is 29.3 Å². The number of carbonyl (C=O) groups excluding carboxylic acids is 1. The van der Waals surface area contributed by atoms with Crippen LogP contribution in [-0.2, 0) is 9.53 Å². The molecule has 0 atom stereocenters. The van der Waals surface area contributed by atoms with Crippen LogP contribution in [0.4, 0.5) is 5.69 Å². The van der Waals surface area contributed by atoms with Gasteiger partial charge in [0.2, 0.25) is 5.91 Å². The van der Waals surface area contributed by atoms with Crippen LogP contribution < -0.4 is 16.0 Å². The maximum atomic E-state index is 11.9. The van der Waals surface area contributed by atoms with E-state index < -0.39 is 0 Å². The number of ether oxygens (including phenoxy) is 1. The second kappa shape index (κ2) is 13.1. The molecule has 0 spiro atoms. The smallest absolute Gasteiger partial charge is 0.246 e. The first-order valence-electron chi connectivity index (χ1n) is 8.84. The molecule has 0 aliphatic heterocycles. The molecule has 0 aliphatic rings. The van der Waals surface area contributed by atoms with Crippen molar-refractivity contribution in [3.8, 4) is 5.75 Å². The Morgan fingerprint density at radius 3 is 2.52 bits per heavy atom. The summed E-state index contributed by atoms with van der Waals surface area (Å²) in [4.78, 5) is 16.2. The van der Waals surface area contributed by atoms with Gasteiger partial charge < -0.3 is 25.8 Å². The normalized spacial score (nSPS) is 11.2. The summed E-state index contributed by atoms with van der Waals surface area (Å²) >= 11 is 0. The fraction of sp³-hybridized carbons (Fsp3) is 0.556. The van der Waals surface area contributed by atoms with E-state index >= 15 is 0 Å². The van der Waals surface area contributed by atoms with Crippen molar-refractivity contribution in [2.24, 2.45) is 4.99 Å². The zero-order valence-electron chi connectivity index (χ0n) is 15.2. The summed E-state index contributed by atoms with van der Waals surface area (Å²) in [5.74, 6) is 0.552. The molecule has 4 N–H and O–H groups in total. The van der Waals surface area contributed by atoms with Gasteiger partial charge in [0.1, 0.15) is 12.3 Å². The molecule has 0 heterocycles. The zero-order valence-corrected chi connectivity index (χ0v) is 15.2. The van der Waals surface area contributed by atoms with Crippen LogP contribution in [0.3, 0.4) is 0 Å². The van der Waals surface area contributed by atoms with Crippen LogP contribution in [0, 0.1) is 0 Å². The molecule has 0 unspecified atom stereocenters. The summed E-state index contributed by atoms with van der Waals surface area (Å²) in [7, 11) is 0. The van der Waals surface area contributed by atoms with Crippen LogP contribution in [0.25, 0.3) is 0 Å². The first-order valence-corrected chi connectivity index (χ1v) is 8.84. The molecule has 0 bridgehead atoms. The molecule has 0 saturated carbocycles. The van der Waals surface area contributed by atoms with Gasteiger partial charge in [0.15, 0.2) is 5.96 Å². The molecule has 0 aromatic heterocycles. The Morgan fingerprint density at radius 1 is 1.12 bits per heavy atom. The highest BCUT2D eigenvalue weighted by molar-refractivity contribution is 5.94. The summed E-state index contributed by atoms with van der Waals surface area (Å²) < 4.78 is 5.51. The lowest BCUT2D eigenvalue weighted by molar-refractivity contribution is -0.114. The number of aromatic hydroxyl groups is 1. The lowest BCUT2D eigenvalue weighted by atomic mass is 10.3. The quantitative estimate of drug-likeness (QED) is 0.212. The van der Waals surface area contributed by atoms with Crippen LogP contribution in [0.5, 0.6) is 5.75 Å². The van der Waals surface area contributed by atoms with Gasteiger partial charge in [-0.3, -0.25) is 4.79 Å². The number of phenolic OH excluding ortho intramolecular Hbond substituents is 1. The molecule has 0 radical (unpaired) electrons. The molecule has 1 aromatic carbocycles. The third-order valence-corrected chi connectivity index (χ3v) is 3.28. The van der Waals surface area contributed by atoms with Crippen LogP contribution >= 0.6 is 0 Å². The van der Waals surface area contributed by atoms with E-state index in [4.69, 9.17) is 4.74 Å². The van der Waals surface area contributed by atoms with Crippen molar-refractivity contribution in [2.45, 2.75) is 33.1 Å². The Hall–Kier alpha value is -2.28. The minimum Gasteiger partial charge on any atom is -0.508 e. The third kappa shape index (κ3) is 10.2. The Kier molecular flexibility index (Phi) is 10.8. The highest BCUT2D eigenvalue weighted by Crippen LogP contribution is 2.13. The highest BCUT2D eigenvalue weighted by atomic mass is 16.5. The van der Waals surface area contributed by atoms with Crippen molar-refractivity contribution >= 4 is 17.6 Å². The average molecular weight is 350 g/mol. The largest absolute Gasteiger partial charge is 0.508 e. The molecule has 0 saturated heterocycles. The number of guanidine groups is 1. The van der Waals surface area contributed by atoms with E-state index in [1.807, 2.05) is 6.92 Å². The Balaban J connectivity index is 2.30. The van der Waals surface area contributed by atoms with Crippen LogP contribution in [0.2, 0.25) is 0 Å². The molecule has 1 aromatic rings. The summed E-state index contributed by atoms with van der Waals surface area (Å²) in [6.45, 7) is 7.11. The summed E-state index contributed by atoms with van der Waals surface area (Å²) in [6.07, 6.45) is 3.11. The van der Waals surface area contributed by atoms with Gasteiger partial charge in [-0.1, -0.05) is 13.3 Å². The topological polar surface area (TPSA) is 95.0 Å². The number of hydrogen-bond acceptors (Lipinski definition) is 4. The molecular weight excluding hydrogens is 320 g/mol. The maximum Gasteiger partial charge on any atom is 0.246 e. The fourth-order valence-corrected chi connectivity index (χ4v) is 1.97. The molecule has 0 fully saturated rings. The highest BCUT2D eigenvalue weighted by Gasteiger charge is 2.03. The molecule has 0 aliphatic carbocycles. The van der Waals surface area contributed by atoms with Gasteiger partial charge in [-0.2, -0.15) is 0 Å². The molecule has 1 amide bonds. The Labute approximate surface area is 149 Å². The number of anilines is 1. The lowest BCUT2D eigenvalue weighted by Gasteiger charge is -2.11. The van der Waals surface area contributed by atoms with Gasteiger partial charge in [-0.25, -0.2) is 4.99 Å². The zero-order chi connectivity index (χ0) is 18.3. The van der Waals surface area contributed by atoms with Crippen molar-refractivity contribution in [3.63, 3.8) is 0 Å². The number of rotatable bonds is 11.